The quantitative estimate of drug-likeness (QED) is 0.450. The molecule has 0 unspecified atom stereocenters. The SMILES string of the molecule is [CH2]C=CC#CCCC. The summed E-state index contributed by atoms with van der Waals surface area (Å²) in [4.78, 5) is 0. The smallest absolute Gasteiger partial charge is 0.00896 e. The van der Waals surface area contributed by atoms with Crippen LogP contribution in [0.4, 0.5) is 0 Å². The summed E-state index contributed by atoms with van der Waals surface area (Å²) in [6.07, 6.45) is 5.58. The van der Waals surface area contributed by atoms with Gasteiger partial charge in [-0.15, -0.1) is 0 Å². The first-order valence-corrected chi connectivity index (χ1v) is 2.84. The van der Waals surface area contributed by atoms with Crippen LogP contribution in [0.3, 0.4) is 0 Å². The summed E-state index contributed by atoms with van der Waals surface area (Å²) in [5.74, 6) is 5.80. The van der Waals surface area contributed by atoms with E-state index >= 15 is 0 Å². The Labute approximate surface area is 51.6 Å². The topological polar surface area (TPSA) is 0 Å². The Kier molecular flexibility index (Phi) is 5.75. The predicted molar refractivity (Wildman–Crippen MR) is 37.2 cm³/mol. The van der Waals surface area contributed by atoms with Gasteiger partial charge < -0.3 is 0 Å². The highest BCUT2D eigenvalue weighted by atomic mass is 13.7. The second kappa shape index (κ2) is 6.30. The van der Waals surface area contributed by atoms with Crippen LogP contribution in [0.15, 0.2) is 12.2 Å². The van der Waals surface area contributed by atoms with Crippen molar-refractivity contribution in [1.82, 2.24) is 0 Å². The molecule has 0 fully saturated rings. The van der Waals surface area contributed by atoms with Crippen LogP contribution in [0.25, 0.3) is 0 Å². The second-order valence-electron chi connectivity index (χ2n) is 1.47. The van der Waals surface area contributed by atoms with Crippen LogP contribution >= 0.6 is 0 Å². The van der Waals surface area contributed by atoms with Crippen molar-refractivity contribution in [1.29, 1.82) is 0 Å². The lowest BCUT2D eigenvalue weighted by atomic mass is 10.3. The molecule has 0 rings (SSSR count). The Morgan fingerprint density at radius 2 is 2.38 bits per heavy atom. The van der Waals surface area contributed by atoms with E-state index in [9.17, 15) is 0 Å². The van der Waals surface area contributed by atoms with E-state index in [0.29, 0.717) is 0 Å². The van der Waals surface area contributed by atoms with Crippen molar-refractivity contribution in [3.05, 3.63) is 19.1 Å². The monoisotopic (exact) mass is 107 g/mol. The molecular weight excluding hydrogens is 96.1 g/mol. The molecule has 0 heteroatoms. The van der Waals surface area contributed by atoms with Gasteiger partial charge in [-0.2, -0.15) is 0 Å². The predicted octanol–water partition coefficient (Wildman–Crippen LogP) is 2.18. The fourth-order valence-electron chi connectivity index (χ4n) is 0.315. The molecule has 0 aromatic carbocycles. The molecule has 0 aromatic rings. The summed E-state index contributed by atoms with van der Waals surface area (Å²) in [6.45, 7) is 5.61. The molecule has 8 heavy (non-hydrogen) atoms. The van der Waals surface area contributed by atoms with Gasteiger partial charge in [-0.1, -0.05) is 24.8 Å². The summed E-state index contributed by atoms with van der Waals surface area (Å²) >= 11 is 0. The maximum absolute atomic E-state index is 3.50. The van der Waals surface area contributed by atoms with Gasteiger partial charge in [-0.05, 0) is 19.4 Å². The molecule has 0 atom stereocenters. The number of hydrogen-bond acceptors (Lipinski definition) is 0. The highest BCUT2D eigenvalue weighted by Gasteiger charge is 1.65. The molecule has 0 saturated carbocycles. The Hall–Kier alpha value is -0.700. The fourth-order valence-corrected chi connectivity index (χ4v) is 0.315. The van der Waals surface area contributed by atoms with E-state index in [1.807, 2.05) is 0 Å². The molecule has 0 aliphatic rings. The molecule has 0 aliphatic carbocycles. The van der Waals surface area contributed by atoms with Crippen molar-refractivity contribution in [3.8, 4) is 11.8 Å². The molecule has 0 saturated heterocycles. The average Bonchev–Trinajstić information content (AvgIpc) is 1.81. The van der Waals surface area contributed by atoms with E-state index in [0.717, 1.165) is 12.8 Å². The Morgan fingerprint density at radius 3 is 2.88 bits per heavy atom. The first-order chi connectivity index (χ1) is 3.91. The van der Waals surface area contributed by atoms with Gasteiger partial charge in [0.1, 0.15) is 0 Å². The van der Waals surface area contributed by atoms with Crippen LogP contribution in [0.1, 0.15) is 19.8 Å². The first kappa shape index (κ1) is 7.30. The van der Waals surface area contributed by atoms with Gasteiger partial charge in [-0.25, -0.2) is 0 Å². The number of allylic oxidation sites excluding steroid dienone is 2. The van der Waals surface area contributed by atoms with Gasteiger partial charge in [0.05, 0.1) is 0 Å². The van der Waals surface area contributed by atoms with Gasteiger partial charge in [0.2, 0.25) is 0 Å². The summed E-state index contributed by atoms with van der Waals surface area (Å²) in [5.41, 5.74) is 0. The van der Waals surface area contributed by atoms with Crippen LogP contribution < -0.4 is 0 Å². The Bertz CT molecular complexity index is 110. The number of hydrogen-bond donors (Lipinski definition) is 0. The molecule has 0 bridgehead atoms. The molecule has 0 aliphatic heterocycles. The lowest BCUT2D eigenvalue weighted by molar-refractivity contribution is 0.983. The summed E-state index contributed by atoms with van der Waals surface area (Å²) in [7, 11) is 0. The van der Waals surface area contributed by atoms with Crippen LogP contribution in [-0.2, 0) is 0 Å². The van der Waals surface area contributed by atoms with Crippen LogP contribution in [-0.4, -0.2) is 0 Å². The zero-order valence-corrected chi connectivity index (χ0v) is 5.28. The molecule has 43 valence electrons. The maximum atomic E-state index is 3.50. The van der Waals surface area contributed by atoms with Gasteiger partial charge in [0.25, 0.3) is 0 Å². The molecule has 0 N–H and O–H groups in total. The van der Waals surface area contributed by atoms with Crippen LogP contribution in [0.2, 0.25) is 0 Å². The fraction of sp³-hybridized carbons (Fsp3) is 0.375. The van der Waals surface area contributed by atoms with Gasteiger partial charge in [-0.3, -0.25) is 0 Å². The zero-order chi connectivity index (χ0) is 6.24. The van der Waals surface area contributed by atoms with E-state index in [1.165, 1.54) is 0 Å². The Morgan fingerprint density at radius 1 is 1.62 bits per heavy atom. The largest absolute Gasteiger partial charge is 0.0985 e. The van der Waals surface area contributed by atoms with Gasteiger partial charge >= 0.3 is 0 Å². The maximum Gasteiger partial charge on any atom is 0.00896 e. The van der Waals surface area contributed by atoms with Crippen LogP contribution in [0.5, 0.6) is 0 Å². The van der Waals surface area contributed by atoms with E-state index < -0.39 is 0 Å². The third-order valence-electron chi connectivity index (χ3n) is 0.678. The summed E-state index contributed by atoms with van der Waals surface area (Å²) < 4.78 is 0. The van der Waals surface area contributed by atoms with Crippen molar-refractivity contribution < 1.29 is 0 Å². The molecule has 0 heterocycles. The third kappa shape index (κ3) is 5.30. The van der Waals surface area contributed by atoms with Crippen molar-refractivity contribution in [2.75, 3.05) is 0 Å². The molecule has 0 nitrogen and oxygen atoms in total. The normalized spacial score (nSPS) is 8.75. The highest BCUT2D eigenvalue weighted by molar-refractivity contribution is 5.15. The summed E-state index contributed by atoms with van der Waals surface area (Å²) in [6, 6.07) is 0. The van der Waals surface area contributed by atoms with E-state index in [2.05, 4.69) is 25.7 Å². The van der Waals surface area contributed by atoms with E-state index in [4.69, 9.17) is 0 Å². The minimum Gasteiger partial charge on any atom is -0.0985 e. The minimum absolute atomic E-state index is 0.990. The average molecular weight is 107 g/mol. The van der Waals surface area contributed by atoms with Crippen LogP contribution in [0, 0.1) is 18.8 Å². The molecular formula is C8H11. The minimum atomic E-state index is 0.990. The molecule has 1 radical (unpaired) electrons. The van der Waals surface area contributed by atoms with Crippen molar-refractivity contribution in [2.24, 2.45) is 0 Å². The van der Waals surface area contributed by atoms with E-state index in [-0.39, 0.29) is 0 Å². The second-order valence-corrected chi connectivity index (χ2v) is 1.47. The number of unbranched alkanes of at least 4 members (excludes halogenated alkanes) is 1. The lowest BCUT2D eigenvalue weighted by Crippen LogP contribution is -1.58. The Balaban J connectivity index is 3.21. The zero-order valence-electron chi connectivity index (χ0n) is 5.28. The van der Waals surface area contributed by atoms with Crippen molar-refractivity contribution in [2.45, 2.75) is 19.8 Å². The molecule has 0 spiro atoms. The third-order valence-corrected chi connectivity index (χ3v) is 0.678. The first-order valence-electron chi connectivity index (χ1n) is 2.84. The number of rotatable bonds is 1. The van der Waals surface area contributed by atoms with Gasteiger partial charge in [0, 0.05) is 6.42 Å². The van der Waals surface area contributed by atoms with Crippen molar-refractivity contribution >= 4 is 0 Å². The molecule has 0 amide bonds. The van der Waals surface area contributed by atoms with Gasteiger partial charge in [0.15, 0.2) is 0 Å². The van der Waals surface area contributed by atoms with E-state index in [1.54, 1.807) is 12.2 Å². The summed E-state index contributed by atoms with van der Waals surface area (Å²) in [5, 5.41) is 0. The highest BCUT2D eigenvalue weighted by Crippen LogP contribution is 1.80. The molecule has 0 aromatic heterocycles. The van der Waals surface area contributed by atoms with Crippen molar-refractivity contribution in [3.63, 3.8) is 0 Å². The lowest BCUT2D eigenvalue weighted by Gasteiger charge is -1.73. The standard InChI is InChI=1S/C8H11/c1-3-5-7-8-6-4-2/h3,5H,1,4,6H2,2H3.